The van der Waals surface area contributed by atoms with E-state index >= 15 is 0 Å². The normalized spacial score (nSPS) is 20.1. The first kappa shape index (κ1) is 12.3. The Hall–Kier alpha value is -1.16. The summed E-state index contributed by atoms with van der Waals surface area (Å²) in [4.78, 5) is 0. The van der Waals surface area contributed by atoms with E-state index in [9.17, 15) is 0 Å². The van der Waals surface area contributed by atoms with Crippen molar-refractivity contribution in [1.82, 2.24) is 5.32 Å². The van der Waals surface area contributed by atoms with E-state index in [1.54, 1.807) is 0 Å². The van der Waals surface area contributed by atoms with Crippen LogP contribution in [0.5, 0.6) is 0 Å². The summed E-state index contributed by atoms with van der Waals surface area (Å²) in [6.45, 7) is 7.77. The first-order valence-electron chi connectivity index (χ1n) is 5.99. The van der Waals surface area contributed by atoms with Crippen LogP contribution in [-0.2, 0) is 9.47 Å². The van der Waals surface area contributed by atoms with Crippen LogP contribution >= 0.6 is 0 Å². The van der Waals surface area contributed by atoms with Crippen molar-refractivity contribution in [3.8, 4) is 0 Å². The number of benzene rings is 1. The number of hydrogen-bond acceptors (Lipinski definition) is 3. The van der Waals surface area contributed by atoms with Crippen LogP contribution in [0.1, 0.15) is 5.56 Å². The molecule has 1 aliphatic rings. The van der Waals surface area contributed by atoms with Crippen molar-refractivity contribution in [2.24, 2.45) is 0 Å². The van der Waals surface area contributed by atoms with Crippen molar-refractivity contribution in [3.63, 3.8) is 0 Å². The lowest BCUT2D eigenvalue weighted by atomic mass is 10.1. The summed E-state index contributed by atoms with van der Waals surface area (Å²) in [5.74, 6) is 0. The van der Waals surface area contributed by atoms with E-state index in [2.05, 4.69) is 24.0 Å². The third kappa shape index (κ3) is 3.97. The molecule has 1 heterocycles. The maximum atomic E-state index is 5.55. The highest BCUT2D eigenvalue weighted by atomic mass is 16.6. The van der Waals surface area contributed by atoms with Gasteiger partial charge in [0.2, 0.25) is 0 Å². The Morgan fingerprint density at radius 3 is 2.82 bits per heavy atom. The Labute approximate surface area is 102 Å². The minimum atomic E-state index is 0.173. The molecule has 0 aliphatic carbocycles. The highest BCUT2D eigenvalue weighted by Crippen LogP contribution is 2.10. The number of hydrogen-bond donors (Lipinski definition) is 1. The zero-order valence-electron chi connectivity index (χ0n) is 10.0. The lowest BCUT2D eigenvalue weighted by Gasteiger charge is -2.23. The summed E-state index contributed by atoms with van der Waals surface area (Å²) < 4.78 is 10.9. The van der Waals surface area contributed by atoms with E-state index in [0.29, 0.717) is 19.8 Å². The molecule has 0 radical (unpaired) electrons. The largest absolute Gasteiger partial charge is 0.376 e. The third-order valence-electron chi connectivity index (χ3n) is 2.78. The van der Waals surface area contributed by atoms with Crippen molar-refractivity contribution >= 4 is 5.57 Å². The molecule has 92 valence electrons. The fourth-order valence-corrected chi connectivity index (χ4v) is 1.81. The molecule has 1 unspecified atom stereocenters. The molecule has 17 heavy (non-hydrogen) atoms. The van der Waals surface area contributed by atoms with Crippen LogP contribution in [0.3, 0.4) is 0 Å². The summed E-state index contributed by atoms with van der Waals surface area (Å²) >= 11 is 0. The van der Waals surface area contributed by atoms with Crippen LogP contribution in [0.15, 0.2) is 36.9 Å². The Morgan fingerprint density at radius 1 is 1.29 bits per heavy atom. The Balaban J connectivity index is 1.69. The molecule has 1 aromatic carbocycles. The smallest absolute Gasteiger partial charge is 0.0933 e. The first-order valence-corrected chi connectivity index (χ1v) is 5.99. The molecule has 1 aliphatic heterocycles. The molecule has 1 saturated heterocycles. The molecule has 0 amide bonds. The SMILES string of the molecule is C=C(CNCC1COCCO1)c1ccccc1. The lowest BCUT2D eigenvalue weighted by molar-refractivity contribution is -0.0860. The minimum Gasteiger partial charge on any atom is -0.376 e. The van der Waals surface area contributed by atoms with Crippen molar-refractivity contribution in [3.05, 3.63) is 42.5 Å². The number of ether oxygens (including phenoxy) is 2. The predicted molar refractivity (Wildman–Crippen MR) is 68.9 cm³/mol. The summed E-state index contributed by atoms with van der Waals surface area (Å²) in [5.41, 5.74) is 2.28. The first-order chi connectivity index (χ1) is 8.36. The van der Waals surface area contributed by atoms with Gasteiger partial charge >= 0.3 is 0 Å². The van der Waals surface area contributed by atoms with Crippen LogP contribution in [0.2, 0.25) is 0 Å². The molecule has 0 aromatic heterocycles. The van der Waals surface area contributed by atoms with Gasteiger partial charge in [0.25, 0.3) is 0 Å². The van der Waals surface area contributed by atoms with Gasteiger partial charge in [-0.15, -0.1) is 0 Å². The molecule has 2 rings (SSSR count). The highest BCUT2D eigenvalue weighted by molar-refractivity contribution is 5.64. The summed E-state index contributed by atoms with van der Waals surface area (Å²) in [5, 5.41) is 3.35. The molecule has 1 fully saturated rings. The van der Waals surface area contributed by atoms with Crippen LogP contribution in [-0.4, -0.2) is 39.0 Å². The molecule has 0 saturated carbocycles. The zero-order valence-corrected chi connectivity index (χ0v) is 10.0. The molecule has 1 N–H and O–H groups in total. The average molecular weight is 233 g/mol. The Bertz CT molecular complexity index is 344. The van der Waals surface area contributed by atoms with E-state index in [-0.39, 0.29) is 6.10 Å². The van der Waals surface area contributed by atoms with Crippen molar-refractivity contribution < 1.29 is 9.47 Å². The van der Waals surface area contributed by atoms with E-state index in [4.69, 9.17) is 9.47 Å². The molecule has 0 spiro atoms. The van der Waals surface area contributed by atoms with Gasteiger partial charge in [-0.1, -0.05) is 36.9 Å². The lowest BCUT2D eigenvalue weighted by Crippen LogP contribution is -2.37. The monoisotopic (exact) mass is 233 g/mol. The topological polar surface area (TPSA) is 30.5 Å². The summed E-state index contributed by atoms with van der Waals surface area (Å²) in [7, 11) is 0. The van der Waals surface area contributed by atoms with E-state index in [0.717, 1.165) is 18.7 Å². The molecular weight excluding hydrogens is 214 g/mol. The van der Waals surface area contributed by atoms with Gasteiger partial charge in [0, 0.05) is 13.1 Å². The van der Waals surface area contributed by atoms with Crippen LogP contribution in [0.4, 0.5) is 0 Å². The zero-order chi connectivity index (χ0) is 11.9. The standard InChI is InChI=1S/C14H19NO2/c1-12(13-5-3-2-4-6-13)9-15-10-14-11-16-7-8-17-14/h2-6,14-15H,1,7-11H2. The highest BCUT2D eigenvalue weighted by Gasteiger charge is 2.13. The maximum absolute atomic E-state index is 5.55. The van der Waals surface area contributed by atoms with Crippen molar-refractivity contribution in [1.29, 1.82) is 0 Å². The molecule has 3 nitrogen and oxygen atoms in total. The summed E-state index contributed by atoms with van der Waals surface area (Å²) in [6, 6.07) is 10.2. The number of nitrogens with one attached hydrogen (secondary N) is 1. The molecule has 1 atom stereocenters. The van der Waals surface area contributed by atoms with Gasteiger partial charge in [0.05, 0.1) is 25.9 Å². The fourth-order valence-electron chi connectivity index (χ4n) is 1.81. The third-order valence-corrected chi connectivity index (χ3v) is 2.78. The number of rotatable bonds is 5. The van der Waals surface area contributed by atoms with Gasteiger partial charge in [0.15, 0.2) is 0 Å². The second-order valence-corrected chi connectivity index (χ2v) is 4.17. The van der Waals surface area contributed by atoms with Gasteiger partial charge in [0.1, 0.15) is 0 Å². The van der Waals surface area contributed by atoms with E-state index in [1.165, 1.54) is 5.56 Å². The van der Waals surface area contributed by atoms with Crippen LogP contribution in [0, 0.1) is 0 Å². The summed E-state index contributed by atoms with van der Waals surface area (Å²) in [6.07, 6.45) is 0.173. The van der Waals surface area contributed by atoms with Gasteiger partial charge in [-0.3, -0.25) is 0 Å². The van der Waals surface area contributed by atoms with Gasteiger partial charge < -0.3 is 14.8 Å². The quantitative estimate of drug-likeness (QED) is 0.839. The predicted octanol–water partition coefficient (Wildman–Crippen LogP) is 1.70. The van der Waals surface area contributed by atoms with Crippen LogP contribution < -0.4 is 5.32 Å². The molecule has 3 heteroatoms. The van der Waals surface area contributed by atoms with E-state index < -0.39 is 0 Å². The van der Waals surface area contributed by atoms with Gasteiger partial charge in [-0.05, 0) is 11.1 Å². The maximum Gasteiger partial charge on any atom is 0.0933 e. The second kappa shape index (κ2) is 6.55. The molecule has 0 bridgehead atoms. The molecule has 1 aromatic rings. The van der Waals surface area contributed by atoms with Gasteiger partial charge in [-0.25, -0.2) is 0 Å². The molecular formula is C14H19NO2. The Kier molecular flexibility index (Phi) is 4.74. The second-order valence-electron chi connectivity index (χ2n) is 4.17. The minimum absolute atomic E-state index is 0.173. The average Bonchev–Trinajstić information content (AvgIpc) is 2.41. The van der Waals surface area contributed by atoms with Crippen LogP contribution in [0.25, 0.3) is 5.57 Å². The van der Waals surface area contributed by atoms with E-state index in [1.807, 2.05) is 18.2 Å². The van der Waals surface area contributed by atoms with Crippen molar-refractivity contribution in [2.75, 3.05) is 32.9 Å². The van der Waals surface area contributed by atoms with Crippen molar-refractivity contribution in [2.45, 2.75) is 6.10 Å². The fraction of sp³-hybridized carbons (Fsp3) is 0.429. The van der Waals surface area contributed by atoms with Gasteiger partial charge in [-0.2, -0.15) is 0 Å². The Morgan fingerprint density at radius 2 is 2.12 bits per heavy atom.